The molecule has 3 aromatic rings. The molecule has 0 bridgehead atoms. The molecule has 1 unspecified atom stereocenters. The minimum Gasteiger partial charge on any atom is -0.389 e. The Hall–Kier alpha value is -2.68. The zero-order valence-electron chi connectivity index (χ0n) is 14.7. The molecule has 0 aliphatic carbocycles. The van der Waals surface area contributed by atoms with Crippen LogP contribution in [0.3, 0.4) is 0 Å². The Morgan fingerprint density at radius 2 is 2.07 bits per heavy atom. The highest BCUT2D eigenvalue weighted by Gasteiger charge is 2.24. The fraction of sp³-hybridized carbons (Fsp3) is 0.333. The summed E-state index contributed by atoms with van der Waals surface area (Å²) in [6.07, 6.45) is 3.37. The average molecular weight is 432 g/mol. The lowest BCUT2D eigenvalue weighted by atomic mass is 10.0. The summed E-state index contributed by atoms with van der Waals surface area (Å²) in [5.74, 6) is 0.0324. The van der Waals surface area contributed by atoms with Crippen molar-refractivity contribution in [2.24, 2.45) is 0 Å². The first-order chi connectivity index (χ1) is 13.1. The molecule has 9 heteroatoms. The SMILES string of the molecule is CC1CCCCN1c1nnc(NC(=O)c2cc(-c3ccc(Br)cc3)on2)o1. The lowest BCUT2D eigenvalue weighted by Gasteiger charge is -2.31. The summed E-state index contributed by atoms with van der Waals surface area (Å²) >= 11 is 3.38. The van der Waals surface area contributed by atoms with Crippen molar-refractivity contribution < 1.29 is 13.7 Å². The van der Waals surface area contributed by atoms with Gasteiger partial charge in [0, 0.05) is 28.7 Å². The van der Waals surface area contributed by atoms with Gasteiger partial charge in [0.15, 0.2) is 11.5 Å². The maximum atomic E-state index is 12.4. The monoisotopic (exact) mass is 431 g/mol. The predicted molar refractivity (Wildman–Crippen MR) is 103 cm³/mol. The number of aromatic nitrogens is 3. The van der Waals surface area contributed by atoms with E-state index in [2.05, 4.69) is 48.4 Å². The number of anilines is 2. The Balaban J connectivity index is 1.44. The van der Waals surface area contributed by atoms with Gasteiger partial charge in [-0.05, 0) is 38.3 Å². The first kappa shape index (κ1) is 17.7. The number of rotatable bonds is 4. The number of benzene rings is 1. The molecular weight excluding hydrogens is 414 g/mol. The fourth-order valence-electron chi connectivity index (χ4n) is 3.06. The van der Waals surface area contributed by atoms with Gasteiger partial charge < -0.3 is 13.8 Å². The van der Waals surface area contributed by atoms with Crippen LogP contribution in [0.15, 0.2) is 43.7 Å². The van der Waals surface area contributed by atoms with Gasteiger partial charge in [-0.25, -0.2) is 0 Å². The van der Waals surface area contributed by atoms with E-state index in [1.54, 1.807) is 6.07 Å². The Kier molecular flexibility index (Phi) is 4.93. The summed E-state index contributed by atoms with van der Waals surface area (Å²) in [6.45, 7) is 3.00. The van der Waals surface area contributed by atoms with Crippen LogP contribution in [-0.4, -0.2) is 33.8 Å². The van der Waals surface area contributed by atoms with Crippen molar-refractivity contribution >= 4 is 33.9 Å². The molecule has 27 heavy (non-hydrogen) atoms. The molecule has 1 aliphatic heterocycles. The molecule has 8 nitrogen and oxygen atoms in total. The molecule has 1 atom stereocenters. The molecule has 3 heterocycles. The number of halogens is 1. The second-order valence-corrected chi connectivity index (χ2v) is 7.38. The molecule has 1 fully saturated rings. The molecule has 0 radical (unpaired) electrons. The Bertz CT molecular complexity index is 937. The number of hydrogen-bond donors (Lipinski definition) is 1. The summed E-state index contributed by atoms with van der Waals surface area (Å²) in [5, 5.41) is 14.3. The van der Waals surface area contributed by atoms with E-state index < -0.39 is 5.91 Å². The second-order valence-electron chi connectivity index (χ2n) is 6.47. The number of nitrogens with one attached hydrogen (secondary N) is 1. The van der Waals surface area contributed by atoms with Crippen molar-refractivity contribution in [1.82, 2.24) is 15.4 Å². The van der Waals surface area contributed by atoms with Crippen molar-refractivity contribution in [2.75, 3.05) is 16.8 Å². The highest BCUT2D eigenvalue weighted by atomic mass is 79.9. The van der Waals surface area contributed by atoms with E-state index in [4.69, 9.17) is 8.94 Å². The van der Waals surface area contributed by atoms with Gasteiger partial charge in [0.05, 0.1) is 0 Å². The van der Waals surface area contributed by atoms with Gasteiger partial charge in [-0.3, -0.25) is 10.1 Å². The Morgan fingerprint density at radius 1 is 1.26 bits per heavy atom. The molecule has 140 valence electrons. The molecule has 1 aliphatic rings. The Labute approximate surface area is 164 Å². The molecule has 2 aromatic heterocycles. The van der Waals surface area contributed by atoms with Crippen LogP contribution in [0.1, 0.15) is 36.7 Å². The number of carbonyl (C=O) groups is 1. The topological polar surface area (TPSA) is 97.3 Å². The van der Waals surface area contributed by atoms with Gasteiger partial charge in [0.2, 0.25) is 0 Å². The van der Waals surface area contributed by atoms with E-state index >= 15 is 0 Å². The van der Waals surface area contributed by atoms with E-state index in [-0.39, 0.29) is 11.7 Å². The van der Waals surface area contributed by atoms with Crippen molar-refractivity contribution in [3.05, 3.63) is 40.5 Å². The third-order valence-corrected chi connectivity index (χ3v) is 5.08. The predicted octanol–water partition coefficient (Wildman–Crippen LogP) is 4.12. The maximum absolute atomic E-state index is 12.4. The van der Waals surface area contributed by atoms with Crippen LogP contribution in [0.25, 0.3) is 11.3 Å². The smallest absolute Gasteiger partial charge is 0.323 e. The number of amides is 1. The summed E-state index contributed by atoms with van der Waals surface area (Å²) in [6, 6.07) is 9.90. The Morgan fingerprint density at radius 3 is 2.85 bits per heavy atom. The van der Waals surface area contributed by atoms with E-state index in [0.717, 1.165) is 29.4 Å². The first-order valence-corrected chi connectivity index (χ1v) is 9.53. The van der Waals surface area contributed by atoms with Gasteiger partial charge in [0.25, 0.3) is 5.91 Å². The quantitative estimate of drug-likeness (QED) is 0.663. The number of piperidine rings is 1. The van der Waals surface area contributed by atoms with E-state index in [1.165, 1.54) is 6.42 Å². The summed E-state index contributed by atoms with van der Waals surface area (Å²) < 4.78 is 11.8. The second kappa shape index (κ2) is 7.51. The molecule has 4 rings (SSSR count). The van der Waals surface area contributed by atoms with Crippen molar-refractivity contribution in [3.8, 4) is 11.3 Å². The van der Waals surface area contributed by atoms with Crippen LogP contribution in [0.4, 0.5) is 12.0 Å². The fourth-order valence-corrected chi connectivity index (χ4v) is 3.32. The lowest BCUT2D eigenvalue weighted by Crippen LogP contribution is -2.37. The van der Waals surface area contributed by atoms with Crippen LogP contribution < -0.4 is 10.2 Å². The van der Waals surface area contributed by atoms with Crippen LogP contribution in [-0.2, 0) is 0 Å². The highest BCUT2D eigenvalue weighted by Crippen LogP contribution is 2.25. The van der Waals surface area contributed by atoms with E-state index in [9.17, 15) is 4.79 Å². The molecule has 1 N–H and O–H groups in total. The molecule has 0 spiro atoms. The van der Waals surface area contributed by atoms with Gasteiger partial charge in [-0.2, -0.15) is 0 Å². The molecule has 1 saturated heterocycles. The summed E-state index contributed by atoms with van der Waals surface area (Å²) in [4.78, 5) is 14.4. The van der Waals surface area contributed by atoms with E-state index in [1.807, 2.05) is 24.3 Å². The van der Waals surface area contributed by atoms with Gasteiger partial charge in [-0.15, -0.1) is 0 Å². The summed E-state index contributed by atoms with van der Waals surface area (Å²) in [7, 11) is 0. The third kappa shape index (κ3) is 3.87. The molecule has 1 aromatic carbocycles. The zero-order valence-corrected chi connectivity index (χ0v) is 16.3. The maximum Gasteiger partial charge on any atom is 0.323 e. The van der Waals surface area contributed by atoms with Gasteiger partial charge in [0.1, 0.15) is 0 Å². The highest BCUT2D eigenvalue weighted by molar-refractivity contribution is 9.10. The summed E-state index contributed by atoms with van der Waals surface area (Å²) in [5.41, 5.74) is 0.961. The standard InChI is InChI=1S/C18H18BrN5O3/c1-11-4-2-3-9-24(11)18-22-21-17(26-18)20-16(25)14-10-15(27-23-14)12-5-7-13(19)8-6-12/h5-8,10-11H,2-4,9H2,1H3,(H,20,21,25). The molecular formula is C18H18BrN5O3. The van der Waals surface area contributed by atoms with Crippen molar-refractivity contribution in [2.45, 2.75) is 32.2 Å². The van der Waals surface area contributed by atoms with Gasteiger partial charge >= 0.3 is 12.0 Å². The largest absolute Gasteiger partial charge is 0.389 e. The normalized spacial score (nSPS) is 17.1. The van der Waals surface area contributed by atoms with Gasteiger partial charge in [-0.1, -0.05) is 43.4 Å². The minimum atomic E-state index is -0.469. The molecule has 0 saturated carbocycles. The average Bonchev–Trinajstić information content (AvgIpc) is 3.33. The van der Waals surface area contributed by atoms with Crippen LogP contribution >= 0.6 is 15.9 Å². The number of carbonyl (C=O) groups excluding carboxylic acids is 1. The lowest BCUT2D eigenvalue weighted by molar-refractivity contribution is 0.101. The zero-order chi connectivity index (χ0) is 18.8. The molecule has 1 amide bonds. The number of hydrogen-bond acceptors (Lipinski definition) is 7. The van der Waals surface area contributed by atoms with Crippen molar-refractivity contribution in [3.63, 3.8) is 0 Å². The van der Waals surface area contributed by atoms with E-state index in [0.29, 0.717) is 17.8 Å². The minimum absolute atomic E-state index is 0.0426. The van der Waals surface area contributed by atoms with Crippen molar-refractivity contribution in [1.29, 1.82) is 0 Å². The van der Waals surface area contributed by atoms with Crippen LogP contribution in [0.5, 0.6) is 0 Å². The number of nitrogens with zero attached hydrogens (tertiary/aromatic N) is 4. The van der Waals surface area contributed by atoms with Crippen LogP contribution in [0.2, 0.25) is 0 Å². The third-order valence-electron chi connectivity index (χ3n) is 4.56. The van der Waals surface area contributed by atoms with Crippen LogP contribution in [0, 0.1) is 0 Å². The first-order valence-electron chi connectivity index (χ1n) is 8.74.